The average Bonchev–Trinajstić information content (AvgIpc) is 3.38. The Bertz CT molecular complexity index is 1250. The van der Waals surface area contributed by atoms with Crippen LogP contribution in [-0.4, -0.2) is 22.7 Å². The summed E-state index contributed by atoms with van der Waals surface area (Å²) in [5.41, 5.74) is 4.12. The Hall–Kier alpha value is -3.87. The number of carbonyl (C=O) groups excluding carboxylic acids is 1. The van der Waals surface area contributed by atoms with Crippen LogP contribution in [0.3, 0.4) is 0 Å². The lowest BCUT2D eigenvalue weighted by Gasteiger charge is -2.07. The van der Waals surface area contributed by atoms with Gasteiger partial charge in [-0.05, 0) is 60.9 Å². The normalized spacial score (nSPS) is 12.3. The maximum Gasteiger partial charge on any atom is 0.231 e. The first-order valence-electron chi connectivity index (χ1n) is 10.1. The first-order chi connectivity index (χ1) is 15.2. The molecule has 0 aliphatic carbocycles. The summed E-state index contributed by atoms with van der Waals surface area (Å²) in [5, 5.41) is 3.71. The molecule has 7 heteroatoms. The number of carbonyl (C=O) groups is 1. The van der Waals surface area contributed by atoms with Gasteiger partial charge in [-0.15, -0.1) is 0 Å². The highest BCUT2D eigenvalue weighted by Gasteiger charge is 2.16. The third kappa shape index (κ3) is 3.94. The molecule has 0 radical (unpaired) electrons. The number of H-pyrrole nitrogens is 1. The van der Waals surface area contributed by atoms with Gasteiger partial charge in [0.05, 0.1) is 11.4 Å². The van der Waals surface area contributed by atoms with Crippen LogP contribution in [0, 0.1) is 5.82 Å². The van der Waals surface area contributed by atoms with Crippen molar-refractivity contribution in [1.82, 2.24) is 9.97 Å². The molecule has 3 heterocycles. The number of amides is 1. The molecule has 0 bridgehead atoms. The van der Waals surface area contributed by atoms with Gasteiger partial charge in [-0.1, -0.05) is 6.07 Å². The van der Waals surface area contributed by atoms with E-state index in [9.17, 15) is 9.18 Å². The molecule has 156 valence electrons. The van der Waals surface area contributed by atoms with Crippen LogP contribution in [0.25, 0.3) is 22.3 Å². The van der Waals surface area contributed by atoms with E-state index in [1.165, 1.54) is 12.1 Å². The van der Waals surface area contributed by atoms with Crippen molar-refractivity contribution in [2.24, 2.45) is 0 Å². The number of hydrogen-bond acceptors (Lipinski definition) is 4. The first-order valence-corrected chi connectivity index (χ1v) is 10.1. The lowest BCUT2D eigenvalue weighted by atomic mass is 10.0. The van der Waals surface area contributed by atoms with Crippen molar-refractivity contribution < 1.29 is 18.7 Å². The molecule has 1 aliphatic heterocycles. The highest BCUT2D eigenvalue weighted by molar-refractivity contribution is 5.92. The van der Waals surface area contributed by atoms with Gasteiger partial charge in [0, 0.05) is 35.3 Å². The molecule has 1 aliphatic rings. The van der Waals surface area contributed by atoms with E-state index in [1.54, 1.807) is 30.5 Å². The minimum absolute atomic E-state index is 0.0933. The number of hydrogen-bond donors (Lipinski definition) is 2. The average molecular weight is 417 g/mol. The second-order valence-electron chi connectivity index (χ2n) is 7.35. The number of fused-ring (bicyclic) bond motifs is 2. The minimum atomic E-state index is -0.291. The zero-order chi connectivity index (χ0) is 21.2. The van der Waals surface area contributed by atoms with E-state index in [4.69, 9.17) is 9.47 Å². The molecule has 0 saturated carbocycles. The Morgan fingerprint density at radius 2 is 2.00 bits per heavy atom. The number of nitrogens with one attached hydrogen (secondary N) is 2. The van der Waals surface area contributed by atoms with Crippen molar-refractivity contribution in [2.45, 2.75) is 19.3 Å². The zero-order valence-electron chi connectivity index (χ0n) is 16.7. The third-order valence-electron chi connectivity index (χ3n) is 5.28. The monoisotopic (exact) mass is 417 g/mol. The molecule has 2 aromatic heterocycles. The maximum atomic E-state index is 13.9. The van der Waals surface area contributed by atoms with Gasteiger partial charge in [0.1, 0.15) is 5.82 Å². The van der Waals surface area contributed by atoms with Crippen molar-refractivity contribution >= 4 is 22.5 Å². The summed E-state index contributed by atoms with van der Waals surface area (Å²) in [6, 6.07) is 15.7. The van der Waals surface area contributed by atoms with Crippen molar-refractivity contribution in [3.63, 3.8) is 0 Å². The van der Waals surface area contributed by atoms with Crippen LogP contribution in [0.5, 0.6) is 11.5 Å². The topological polar surface area (TPSA) is 76.2 Å². The Kier molecular flexibility index (Phi) is 5.00. The standard InChI is InChI=1S/C24H20FN3O3/c25-15-7-9-19-18(12-15)17(24(28-19)20-5-1-2-11-26-20)4-3-6-23(29)27-16-8-10-21-22(13-16)31-14-30-21/h1-2,5,7-13,28H,3-4,6,14H2,(H,27,29). The molecule has 2 aromatic carbocycles. The van der Waals surface area contributed by atoms with E-state index < -0.39 is 0 Å². The van der Waals surface area contributed by atoms with Crippen molar-refractivity contribution in [1.29, 1.82) is 0 Å². The molecule has 0 atom stereocenters. The van der Waals surface area contributed by atoms with Gasteiger partial charge in [0.25, 0.3) is 0 Å². The van der Waals surface area contributed by atoms with Gasteiger partial charge in [-0.25, -0.2) is 4.39 Å². The van der Waals surface area contributed by atoms with Crippen LogP contribution in [0.15, 0.2) is 60.8 Å². The van der Waals surface area contributed by atoms with Crippen LogP contribution in [0.1, 0.15) is 18.4 Å². The van der Waals surface area contributed by atoms with E-state index in [0.29, 0.717) is 36.4 Å². The molecule has 6 nitrogen and oxygen atoms in total. The zero-order valence-corrected chi connectivity index (χ0v) is 16.7. The number of benzene rings is 2. The van der Waals surface area contributed by atoms with Gasteiger partial charge in [0.15, 0.2) is 11.5 Å². The maximum absolute atomic E-state index is 13.9. The molecule has 4 aromatic rings. The summed E-state index contributed by atoms with van der Waals surface area (Å²) in [7, 11) is 0. The molecule has 5 rings (SSSR count). The van der Waals surface area contributed by atoms with Gasteiger partial charge in [-0.3, -0.25) is 9.78 Å². The number of ether oxygens (including phenoxy) is 2. The van der Waals surface area contributed by atoms with E-state index in [0.717, 1.165) is 27.9 Å². The molecule has 0 unspecified atom stereocenters. The van der Waals surface area contributed by atoms with E-state index >= 15 is 0 Å². The summed E-state index contributed by atoms with van der Waals surface area (Å²) < 4.78 is 24.5. The summed E-state index contributed by atoms with van der Waals surface area (Å²) in [4.78, 5) is 20.2. The van der Waals surface area contributed by atoms with Gasteiger partial charge in [0.2, 0.25) is 12.7 Å². The molecule has 1 amide bonds. The number of aromatic nitrogens is 2. The molecule has 0 fully saturated rings. The van der Waals surface area contributed by atoms with Crippen LogP contribution in [0.4, 0.5) is 10.1 Å². The second kappa shape index (κ2) is 8.10. The summed E-state index contributed by atoms with van der Waals surface area (Å²) in [6.45, 7) is 0.191. The smallest absolute Gasteiger partial charge is 0.231 e. The number of aryl methyl sites for hydroxylation is 1. The number of aromatic amines is 1. The third-order valence-corrected chi connectivity index (χ3v) is 5.28. The molecule has 0 saturated heterocycles. The highest BCUT2D eigenvalue weighted by Crippen LogP contribution is 2.34. The summed E-state index contributed by atoms with van der Waals surface area (Å²) in [6.07, 6.45) is 3.28. The lowest BCUT2D eigenvalue weighted by Crippen LogP contribution is -2.11. The van der Waals surface area contributed by atoms with E-state index in [-0.39, 0.29) is 18.5 Å². The molecule has 2 N–H and O–H groups in total. The molecular weight excluding hydrogens is 397 g/mol. The number of anilines is 1. The van der Waals surface area contributed by atoms with Crippen molar-refractivity contribution in [2.75, 3.05) is 12.1 Å². The van der Waals surface area contributed by atoms with Gasteiger partial charge in [-0.2, -0.15) is 0 Å². The number of rotatable bonds is 6. The SMILES string of the molecule is O=C(CCCc1c(-c2ccccn2)[nH]c2ccc(F)cc12)Nc1ccc2c(c1)OCO2. The Labute approximate surface area is 178 Å². The lowest BCUT2D eigenvalue weighted by molar-refractivity contribution is -0.116. The summed E-state index contributed by atoms with van der Waals surface area (Å²) >= 11 is 0. The summed E-state index contributed by atoms with van der Waals surface area (Å²) in [5.74, 6) is 0.912. The Balaban J connectivity index is 1.31. The molecule has 0 spiro atoms. The highest BCUT2D eigenvalue weighted by atomic mass is 19.1. The largest absolute Gasteiger partial charge is 0.454 e. The number of pyridine rings is 1. The minimum Gasteiger partial charge on any atom is -0.454 e. The van der Waals surface area contributed by atoms with Crippen LogP contribution < -0.4 is 14.8 Å². The first kappa shape index (κ1) is 19.1. The quantitative estimate of drug-likeness (QED) is 0.460. The van der Waals surface area contributed by atoms with E-state index in [2.05, 4.69) is 15.3 Å². The number of halogens is 1. The van der Waals surface area contributed by atoms with E-state index in [1.807, 2.05) is 18.2 Å². The molecular formula is C24H20FN3O3. The Morgan fingerprint density at radius 3 is 2.87 bits per heavy atom. The molecule has 31 heavy (non-hydrogen) atoms. The van der Waals surface area contributed by atoms with Gasteiger partial charge >= 0.3 is 0 Å². The van der Waals surface area contributed by atoms with Crippen molar-refractivity contribution in [3.8, 4) is 22.9 Å². The second-order valence-corrected chi connectivity index (χ2v) is 7.35. The predicted octanol–water partition coefficient (Wildman–Crippen LogP) is 5.06. The van der Waals surface area contributed by atoms with Crippen LogP contribution in [0.2, 0.25) is 0 Å². The Morgan fingerprint density at radius 1 is 1.10 bits per heavy atom. The number of nitrogens with zero attached hydrogens (tertiary/aromatic N) is 1. The predicted molar refractivity (Wildman–Crippen MR) is 116 cm³/mol. The van der Waals surface area contributed by atoms with Gasteiger partial charge < -0.3 is 19.8 Å². The van der Waals surface area contributed by atoms with Crippen LogP contribution in [-0.2, 0) is 11.2 Å². The fourth-order valence-electron chi connectivity index (χ4n) is 3.83. The fraction of sp³-hybridized carbons (Fsp3) is 0.167. The van der Waals surface area contributed by atoms with Crippen molar-refractivity contribution in [3.05, 3.63) is 72.2 Å². The fourth-order valence-corrected chi connectivity index (χ4v) is 3.83. The van der Waals surface area contributed by atoms with Crippen LogP contribution >= 0.6 is 0 Å².